The fourth-order valence-electron chi connectivity index (χ4n) is 7.18. The molecule has 0 amide bonds. The second kappa shape index (κ2) is 20.2. The van der Waals surface area contributed by atoms with E-state index in [2.05, 4.69) is 72.8 Å². The van der Waals surface area contributed by atoms with Crippen molar-refractivity contribution in [3.05, 3.63) is 208 Å². The van der Waals surface area contributed by atoms with Crippen molar-refractivity contribution in [3.63, 3.8) is 0 Å². The van der Waals surface area contributed by atoms with Gasteiger partial charge in [0.1, 0.15) is 36.3 Å². The van der Waals surface area contributed by atoms with Gasteiger partial charge in [0.15, 0.2) is 0 Å². The van der Waals surface area contributed by atoms with E-state index in [0.717, 1.165) is 50.3 Å². The number of aliphatic hydroxyl groups is 1. The van der Waals surface area contributed by atoms with E-state index in [1.165, 1.54) is 0 Å². The SMILES string of the molecule is COc1ccc(Cc2ccc(CO)c([C@@H]3O[C@H](COCc4ccccc4)[C@@H](OCc4ccccc4)[C@H](OCc4ccccc4)[C@H]3OCc3ccccc3)c2)cc1. The molecule has 0 saturated carbocycles. The minimum Gasteiger partial charge on any atom is -0.497 e. The summed E-state index contributed by atoms with van der Waals surface area (Å²) in [6.45, 7) is 1.53. The molecule has 6 aromatic carbocycles. The monoisotopic (exact) mass is 750 g/mol. The van der Waals surface area contributed by atoms with Gasteiger partial charge < -0.3 is 33.5 Å². The minimum atomic E-state index is -0.626. The molecule has 7 heteroatoms. The van der Waals surface area contributed by atoms with Crippen LogP contribution in [0.3, 0.4) is 0 Å². The Morgan fingerprint density at radius 3 is 1.50 bits per heavy atom. The van der Waals surface area contributed by atoms with Gasteiger partial charge in [0.2, 0.25) is 0 Å². The fraction of sp³-hybridized carbons (Fsp3) is 0.265. The number of aliphatic hydroxyl groups excluding tert-OH is 1. The van der Waals surface area contributed by atoms with Crippen molar-refractivity contribution in [2.45, 2.75) is 70.0 Å². The van der Waals surface area contributed by atoms with E-state index >= 15 is 0 Å². The Morgan fingerprint density at radius 1 is 0.500 bits per heavy atom. The second-order valence-electron chi connectivity index (χ2n) is 14.1. The minimum absolute atomic E-state index is 0.165. The summed E-state index contributed by atoms with van der Waals surface area (Å²) in [4.78, 5) is 0. The highest BCUT2D eigenvalue weighted by atomic mass is 16.6. The van der Waals surface area contributed by atoms with Crippen LogP contribution in [0.4, 0.5) is 0 Å². The van der Waals surface area contributed by atoms with Crippen LogP contribution in [0.1, 0.15) is 50.6 Å². The maximum atomic E-state index is 10.8. The molecule has 0 spiro atoms. The molecule has 7 nitrogen and oxygen atoms in total. The molecule has 5 atom stereocenters. The summed E-state index contributed by atoms with van der Waals surface area (Å²) >= 11 is 0. The van der Waals surface area contributed by atoms with Crippen LogP contribution in [-0.4, -0.2) is 43.2 Å². The molecule has 1 aliphatic rings. The Labute approximate surface area is 330 Å². The van der Waals surface area contributed by atoms with Gasteiger partial charge in [0.25, 0.3) is 0 Å². The van der Waals surface area contributed by atoms with E-state index in [0.29, 0.717) is 32.8 Å². The maximum absolute atomic E-state index is 10.8. The van der Waals surface area contributed by atoms with Gasteiger partial charge in [-0.05, 0) is 63.1 Å². The Bertz CT molecular complexity index is 2020. The summed E-state index contributed by atoms with van der Waals surface area (Å²) in [7, 11) is 1.67. The first-order valence-corrected chi connectivity index (χ1v) is 19.3. The molecule has 56 heavy (non-hydrogen) atoms. The smallest absolute Gasteiger partial charge is 0.118 e. The third-order valence-electron chi connectivity index (χ3n) is 10.1. The van der Waals surface area contributed by atoms with Gasteiger partial charge in [-0.1, -0.05) is 152 Å². The van der Waals surface area contributed by atoms with Gasteiger partial charge in [-0.2, -0.15) is 0 Å². The molecule has 1 saturated heterocycles. The van der Waals surface area contributed by atoms with E-state index in [1.807, 2.05) is 91.0 Å². The largest absolute Gasteiger partial charge is 0.497 e. The van der Waals surface area contributed by atoms with Gasteiger partial charge >= 0.3 is 0 Å². The van der Waals surface area contributed by atoms with E-state index in [4.69, 9.17) is 28.4 Å². The number of hydrogen-bond donors (Lipinski definition) is 1. The number of rotatable bonds is 18. The summed E-state index contributed by atoms with van der Waals surface area (Å²) in [6.07, 6.45) is -2.24. The molecule has 1 heterocycles. The van der Waals surface area contributed by atoms with Crippen molar-refractivity contribution >= 4 is 0 Å². The first-order valence-electron chi connectivity index (χ1n) is 19.3. The summed E-state index contributed by atoms with van der Waals surface area (Å²) in [5.74, 6) is 0.810. The third kappa shape index (κ3) is 10.6. The molecule has 1 N–H and O–H groups in total. The lowest BCUT2D eigenvalue weighted by Crippen LogP contribution is -2.58. The predicted molar refractivity (Wildman–Crippen MR) is 217 cm³/mol. The fourth-order valence-corrected chi connectivity index (χ4v) is 7.18. The van der Waals surface area contributed by atoms with Crippen LogP contribution in [0.2, 0.25) is 0 Å². The van der Waals surface area contributed by atoms with Gasteiger partial charge in [-0.15, -0.1) is 0 Å². The van der Waals surface area contributed by atoms with Crippen LogP contribution in [0.5, 0.6) is 5.75 Å². The number of benzene rings is 6. The van der Waals surface area contributed by atoms with Crippen molar-refractivity contribution in [2.24, 2.45) is 0 Å². The Balaban J connectivity index is 1.28. The predicted octanol–water partition coefficient (Wildman–Crippen LogP) is 9.19. The Hall–Kier alpha value is -5.12. The molecule has 0 aliphatic carbocycles. The van der Waals surface area contributed by atoms with Crippen LogP contribution in [-0.2, 0) is 63.1 Å². The van der Waals surface area contributed by atoms with Crippen LogP contribution in [0.25, 0.3) is 0 Å². The van der Waals surface area contributed by atoms with Gasteiger partial charge in [0, 0.05) is 0 Å². The number of methoxy groups -OCH3 is 1. The average Bonchev–Trinajstić information content (AvgIpc) is 3.26. The van der Waals surface area contributed by atoms with Crippen LogP contribution in [0.15, 0.2) is 164 Å². The lowest BCUT2D eigenvalue weighted by atomic mass is 9.87. The molecular weight excluding hydrogens is 701 g/mol. The average molecular weight is 751 g/mol. The quantitative estimate of drug-likeness (QED) is 0.0940. The first-order chi connectivity index (χ1) is 27.7. The summed E-state index contributed by atoms with van der Waals surface area (Å²) in [6, 6.07) is 54.8. The highest BCUT2D eigenvalue weighted by molar-refractivity contribution is 5.38. The van der Waals surface area contributed by atoms with E-state index in [1.54, 1.807) is 7.11 Å². The molecular formula is C49H50O7. The second-order valence-corrected chi connectivity index (χ2v) is 14.1. The summed E-state index contributed by atoms with van der Waals surface area (Å²) in [5.41, 5.74) is 7.99. The molecule has 0 radical (unpaired) electrons. The molecule has 0 unspecified atom stereocenters. The lowest BCUT2D eigenvalue weighted by molar-refractivity contribution is -0.275. The highest BCUT2D eigenvalue weighted by Crippen LogP contribution is 2.40. The maximum Gasteiger partial charge on any atom is 0.118 e. The van der Waals surface area contributed by atoms with Crippen molar-refractivity contribution < 1.29 is 33.5 Å². The first kappa shape index (κ1) is 39.1. The van der Waals surface area contributed by atoms with Gasteiger partial charge in [0.05, 0.1) is 46.8 Å². The van der Waals surface area contributed by atoms with Gasteiger partial charge in [-0.25, -0.2) is 0 Å². The van der Waals surface area contributed by atoms with Gasteiger partial charge in [-0.3, -0.25) is 0 Å². The number of ether oxygens (including phenoxy) is 6. The topological polar surface area (TPSA) is 75.6 Å². The molecule has 7 rings (SSSR count). The van der Waals surface area contributed by atoms with Crippen molar-refractivity contribution in [2.75, 3.05) is 13.7 Å². The lowest BCUT2D eigenvalue weighted by Gasteiger charge is -2.47. The molecule has 1 aliphatic heterocycles. The van der Waals surface area contributed by atoms with E-state index in [9.17, 15) is 5.11 Å². The standard InChI is InChI=1S/C49H50O7/c1-51-43-26-23-36(24-27-43)28-41-22-25-42(30-50)44(29-41)46-48(54-33-39-18-10-4-11-19-39)49(55-34-40-20-12-5-13-21-40)47(53-32-38-16-8-3-9-17-38)45(56-46)35-52-31-37-14-6-2-7-15-37/h2-27,29,45-50H,28,30-35H2,1H3/t45-,46+,47-,48+,49+/m1/s1. The summed E-state index contributed by atoms with van der Waals surface area (Å²) < 4.78 is 39.8. The van der Waals surface area contributed by atoms with E-state index < -0.39 is 30.5 Å². The molecule has 1 fully saturated rings. The van der Waals surface area contributed by atoms with E-state index in [-0.39, 0.29) is 13.2 Å². The zero-order chi connectivity index (χ0) is 38.4. The molecule has 0 aromatic heterocycles. The Morgan fingerprint density at radius 2 is 0.982 bits per heavy atom. The molecule has 0 bridgehead atoms. The number of hydrogen-bond acceptors (Lipinski definition) is 7. The normalized spacial score (nSPS) is 19.4. The van der Waals surface area contributed by atoms with Crippen LogP contribution >= 0.6 is 0 Å². The zero-order valence-corrected chi connectivity index (χ0v) is 31.8. The van der Waals surface area contributed by atoms with Crippen molar-refractivity contribution in [1.82, 2.24) is 0 Å². The molecule has 288 valence electrons. The van der Waals surface area contributed by atoms with Crippen molar-refractivity contribution in [3.8, 4) is 5.75 Å². The van der Waals surface area contributed by atoms with Crippen molar-refractivity contribution in [1.29, 1.82) is 0 Å². The highest BCUT2D eigenvalue weighted by Gasteiger charge is 2.49. The Kier molecular flexibility index (Phi) is 14.1. The molecule has 6 aromatic rings. The van der Waals surface area contributed by atoms with Crippen LogP contribution < -0.4 is 4.74 Å². The zero-order valence-electron chi connectivity index (χ0n) is 31.8. The van der Waals surface area contributed by atoms with Crippen LogP contribution in [0, 0.1) is 0 Å². The summed E-state index contributed by atoms with van der Waals surface area (Å²) in [5, 5.41) is 10.8. The third-order valence-corrected chi connectivity index (χ3v) is 10.1.